The Kier molecular flexibility index (Phi) is 4.05. The molecule has 0 atom stereocenters. The number of rotatable bonds is 4. The minimum absolute atomic E-state index is 0.338. The van der Waals surface area contributed by atoms with Crippen LogP contribution in [0.1, 0.15) is 21.5 Å². The van der Waals surface area contributed by atoms with Gasteiger partial charge < -0.3 is 5.11 Å². The van der Waals surface area contributed by atoms with Gasteiger partial charge in [-0.1, -0.05) is 30.3 Å². The Balaban J connectivity index is 2.09. The summed E-state index contributed by atoms with van der Waals surface area (Å²) in [6, 6.07) is 15.3. The van der Waals surface area contributed by atoms with Crippen LogP contribution < -0.4 is 0 Å². The number of hydrogen-bond acceptors (Lipinski definition) is 2. The highest BCUT2D eigenvalue weighted by atomic mass is 32.2. The molecule has 2 aromatic rings. The Labute approximate surface area is 111 Å². The second kappa shape index (κ2) is 5.74. The van der Waals surface area contributed by atoms with E-state index in [1.54, 1.807) is 30.0 Å². The van der Waals surface area contributed by atoms with Crippen molar-refractivity contribution in [1.82, 2.24) is 0 Å². The molecule has 2 nitrogen and oxygen atoms in total. The van der Waals surface area contributed by atoms with E-state index in [0.29, 0.717) is 5.56 Å². The summed E-state index contributed by atoms with van der Waals surface area (Å²) >= 11 is 1.66. The van der Waals surface area contributed by atoms with Crippen molar-refractivity contribution in [2.45, 2.75) is 17.6 Å². The van der Waals surface area contributed by atoms with E-state index in [-0.39, 0.29) is 0 Å². The average Bonchev–Trinajstić information content (AvgIpc) is 2.38. The summed E-state index contributed by atoms with van der Waals surface area (Å²) < 4.78 is 0. The summed E-state index contributed by atoms with van der Waals surface area (Å²) in [5.74, 6) is -0.0243. The third kappa shape index (κ3) is 3.14. The molecule has 0 aliphatic heterocycles. The van der Waals surface area contributed by atoms with Crippen molar-refractivity contribution in [3.63, 3.8) is 0 Å². The van der Waals surface area contributed by atoms with Gasteiger partial charge in [0, 0.05) is 10.6 Å². The second-order valence-corrected chi connectivity index (χ2v) is 5.10. The molecule has 0 fully saturated rings. The van der Waals surface area contributed by atoms with Crippen molar-refractivity contribution in [2.24, 2.45) is 0 Å². The summed E-state index contributed by atoms with van der Waals surface area (Å²) in [7, 11) is 0. The van der Waals surface area contributed by atoms with Crippen LogP contribution in [0.4, 0.5) is 0 Å². The van der Waals surface area contributed by atoms with Crippen molar-refractivity contribution in [1.29, 1.82) is 0 Å². The lowest BCUT2D eigenvalue weighted by atomic mass is 10.1. The Bertz CT molecular complexity index is 564. The second-order valence-electron chi connectivity index (χ2n) is 4.05. The Morgan fingerprint density at radius 1 is 1.17 bits per heavy atom. The Hall–Kier alpha value is -1.74. The maximum Gasteiger partial charge on any atom is 0.335 e. The van der Waals surface area contributed by atoms with Crippen molar-refractivity contribution in [2.75, 3.05) is 0 Å². The highest BCUT2D eigenvalue weighted by Crippen LogP contribution is 2.24. The van der Waals surface area contributed by atoms with Gasteiger partial charge in [-0.3, -0.25) is 0 Å². The zero-order valence-corrected chi connectivity index (χ0v) is 10.9. The maximum atomic E-state index is 10.9. The fourth-order valence-corrected chi connectivity index (χ4v) is 2.68. The van der Waals surface area contributed by atoms with E-state index in [9.17, 15) is 4.79 Å². The molecule has 18 heavy (non-hydrogen) atoms. The summed E-state index contributed by atoms with van der Waals surface area (Å²) in [6.07, 6.45) is 0. The number of aryl methyl sites for hydroxylation is 1. The molecule has 0 heterocycles. The van der Waals surface area contributed by atoms with Crippen LogP contribution in [0.2, 0.25) is 0 Å². The number of carboxylic acids is 1. The van der Waals surface area contributed by atoms with Crippen LogP contribution in [0.5, 0.6) is 0 Å². The molecule has 92 valence electrons. The molecule has 3 heteroatoms. The minimum Gasteiger partial charge on any atom is -0.478 e. The van der Waals surface area contributed by atoms with Crippen LogP contribution in [0.3, 0.4) is 0 Å². The summed E-state index contributed by atoms with van der Waals surface area (Å²) in [5.41, 5.74) is 2.88. The zero-order valence-electron chi connectivity index (χ0n) is 10.1. The van der Waals surface area contributed by atoms with Gasteiger partial charge in [0.25, 0.3) is 0 Å². The predicted octanol–water partition coefficient (Wildman–Crippen LogP) is 3.99. The zero-order chi connectivity index (χ0) is 13.0. The molecule has 0 unspecified atom stereocenters. The number of carbonyl (C=O) groups is 1. The molecule has 0 bridgehead atoms. The van der Waals surface area contributed by atoms with Crippen LogP contribution in [0, 0.1) is 6.92 Å². The standard InChI is InChI=1S/C15H14O2S/c1-11-5-2-3-6-13(11)10-18-14-8-4-7-12(9-14)15(16)17/h2-9H,10H2,1H3,(H,16,17). The largest absolute Gasteiger partial charge is 0.478 e. The molecular formula is C15H14O2S. The molecule has 0 amide bonds. The third-order valence-corrected chi connectivity index (χ3v) is 3.78. The molecule has 0 radical (unpaired) electrons. The van der Waals surface area contributed by atoms with Crippen molar-refractivity contribution in [3.8, 4) is 0 Å². The number of benzene rings is 2. The molecule has 0 aliphatic rings. The van der Waals surface area contributed by atoms with Crippen LogP contribution in [-0.2, 0) is 5.75 Å². The van der Waals surface area contributed by atoms with Gasteiger partial charge in [-0.25, -0.2) is 4.79 Å². The van der Waals surface area contributed by atoms with E-state index in [0.717, 1.165) is 10.6 Å². The molecule has 0 aliphatic carbocycles. The van der Waals surface area contributed by atoms with Gasteiger partial charge in [0.05, 0.1) is 5.56 Å². The Morgan fingerprint density at radius 2 is 1.94 bits per heavy atom. The lowest BCUT2D eigenvalue weighted by Gasteiger charge is -2.05. The lowest BCUT2D eigenvalue weighted by molar-refractivity contribution is 0.0696. The third-order valence-electron chi connectivity index (χ3n) is 2.74. The van der Waals surface area contributed by atoms with Crippen molar-refractivity contribution >= 4 is 17.7 Å². The van der Waals surface area contributed by atoms with E-state index < -0.39 is 5.97 Å². The van der Waals surface area contributed by atoms with Crippen LogP contribution >= 0.6 is 11.8 Å². The molecule has 0 saturated heterocycles. The van der Waals surface area contributed by atoms with Gasteiger partial charge in [0.1, 0.15) is 0 Å². The fourth-order valence-electron chi connectivity index (χ4n) is 1.65. The maximum absolute atomic E-state index is 10.9. The predicted molar refractivity (Wildman–Crippen MR) is 74.1 cm³/mol. The highest BCUT2D eigenvalue weighted by molar-refractivity contribution is 7.98. The summed E-state index contributed by atoms with van der Waals surface area (Å²) in [6.45, 7) is 2.09. The number of hydrogen-bond donors (Lipinski definition) is 1. The summed E-state index contributed by atoms with van der Waals surface area (Å²) in [5, 5.41) is 8.93. The molecule has 2 rings (SSSR count). The van der Waals surface area contributed by atoms with Crippen LogP contribution in [0.15, 0.2) is 53.4 Å². The number of thioether (sulfide) groups is 1. The fraction of sp³-hybridized carbons (Fsp3) is 0.133. The monoisotopic (exact) mass is 258 g/mol. The molecule has 2 aromatic carbocycles. The highest BCUT2D eigenvalue weighted by Gasteiger charge is 2.04. The van der Waals surface area contributed by atoms with Crippen molar-refractivity contribution < 1.29 is 9.90 Å². The van der Waals surface area contributed by atoms with Gasteiger partial charge in [-0.15, -0.1) is 11.8 Å². The number of aromatic carboxylic acids is 1. The first-order chi connectivity index (χ1) is 8.66. The SMILES string of the molecule is Cc1ccccc1CSc1cccc(C(=O)O)c1. The van der Waals surface area contributed by atoms with Gasteiger partial charge in [0.15, 0.2) is 0 Å². The topological polar surface area (TPSA) is 37.3 Å². The molecule has 0 aromatic heterocycles. The van der Waals surface area contributed by atoms with Gasteiger partial charge in [-0.2, -0.15) is 0 Å². The smallest absolute Gasteiger partial charge is 0.335 e. The first-order valence-electron chi connectivity index (χ1n) is 5.67. The summed E-state index contributed by atoms with van der Waals surface area (Å²) in [4.78, 5) is 11.9. The van der Waals surface area contributed by atoms with Gasteiger partial charge in [0.2, 0.25) is 0 Å². The number of carboxylic acid groups (broad SMARTS) is 1. The van der Waals surface area contributed by atoms with E-state index in [2.05, 4.69) is 19.1 Å². The van der Waals surface area contributed by atoms with Crippen molar-refractivity contribution in [3.05, 3.63) is 65.2 Å². The van der Waals surface area contributed by atoms with Gasteiger partial charge in [-0.05, 0) is 36.2 Å². The first-order valence-corrected chi connectivity index (χ1v) is 6.66. The quantitative estimate of drug-likeness (QED) is 0.843. The minimum atomic E-state index is -0.881. The van der Waals surface area contributed by atoms with E-state index in [1.807, 2.05) is 18.2 Å². The molecule has 1 N–H and O–H groups in total. The molecule has 0 spiro atoms. The molecular weight excluding hydrogens is 244 g/mol. The average molecular weight is 258 g/mol. The normalized spacial score (nSPS) is 10.3. The Morgan fingerprint density at radius 3 is 2.67 bits per heavy atom. The van der Waals surface area contributed by atoms with Crippen LogP contribution in [-0.4, -0.2) is 11.1 Å². The van der Waals surface area contributed by atoms with E-state index >= 15 is 0 Å². The molecule has 0 saturated carbocycles. The lowest BCUT2D eigenvalue weighted by Crippen LogP contribution is -1.95. The van der Waals surface area contributed by atoms with E-state index in [4.69, 9.17) is 5.11 Å². The van der Waals surface area contributed by atoms with E-state index in [1.165, 1.54) is 11.1 Å². The van der Waals surface area contributed by atoms with Gasteiger partial charge >= 0.3 is 5.97 Å². The first kappa shape index (κ1) is 12.7. The van der Waals surface area contributed by atoms with Crippen LogP contribution in [0.25, 0.3) is 0 Å².